The Hall–Kier alpha value is -0.260. The van der Waals surface area contributed by atoms with Gasteiger partial charge in [-0.25, -0.2) is 0 Å². The fraction of sp³-hybridized carbons (Fsp3) is 0.923. The highest BCUT2D eigenvalue weighted by Gasteiger charge is 2.35. The zero-order valence-electron chi connectivity index (χ0n) is 11.4. The van der Waals surface area contributed by atoms with Crippen molar-refractivity contribution in [1.82, 2.24) is 10.2 Å². The van der Waals surface area contributed by atoms with Crippen molar-refractivity contribution in [3.8, 4) is 0 Å². The molecule has 2 fully saturated rings. The third-order valence-electron chi connectivity index (χ3n) is 4.08. The average molecular weight is 272 g/mol. The van der Waals surface area contributed by atoms with Crippen LogP contribution in [-0.2, 0) is 9.53 Å². The van der Waals surface area contributed by atoms with Crippen molar-refractivity contribution < 1.29 is 9.53 Å². The summed E-state index contributed by atoms with van der Waals surface area (Å²) in [7, 11) is 1.70. The van der Waals surface area contributed by atoms with Gasteiger partial charge in [0.25, 0.3) is 0 Å². The summed E-state index contributed by atoms with van der Waals surface area (Å²) >= 11 is 1.95. The molecule has 0 aromatic rings. The quantitative estimate of drug-likeness (QED) is 0.777. The Labute approximate surface area is 114 Å². The standard InChI is InChI=1S/C13H24N2O2S/c1-10(11-7-14-8-11)13(16)15(4-5-17-2)12-3-6-18-9-12/h10-12,14H,3-9H2,1-2H3. The number of amides is 1. The summed E-state index contributed by atoms with van der Waals surface area (Å²) in [6.45, 7) is 5.44. The van der Waals surface area contributed by atoms with Gasteiger partial charge in [0.15, 0.2) is 0 Å². The highest BCUT2D eigenvalue weighted by atomic mass is 32.2. The van der Waals surface area contributed by atoms with Crippen molar-refractivity contribution in [3.63, 3.8) is 0 Å². The number of ether oxygens (including phenoxy) is 1. The molecule has 4 nitrogen and oxygen atoms in total. The number of thioether (sulfide) groups is 1. The summed E-state index contributed by atoms with van der Waals surface area (Å²) in [5.74, 6) is 3.27. The minimum atomic E-state index is 0.147. The Morgan fingerprint density at radius 2 is 2.33 bits per heavy atom. The molecule has 104 valence electrons. The maximum Gasteiger partial charge on any atom is 0.226 e. The van der Waals surface area contributed by atoms with Crippen LogP contribution >= 0.6 is 11.8 Å². The number of hydrogen-bond acceptors (Lipinski definition) is 4. The number of rotatable bonds is 6. The lowest BCUT2D eigenvalue weighted by atomic mass is 9.87. The second-order valence-electron chi connectivity index (χ2n) is 5.25. The maximum atomic E-state index is 12.6. The summed E-state index contributed by atoms with van der Waals surface area (Å²) in [6.07, 6.45) is 1.13. The summed E-state index contributed by atoms with van der Waals surface area (Å²) in [5, 5.41) is 3.25. The van der Waals surface area contributed by atoms with E-state index in [1.165, 1.54) is 5.75 Å². The minimum absolute atomic E-state index is 0.147. The molecule has 2 heterocycles. The summed E-state index contributed by atoms with van der Waals surface area (Å²) in [6, 6.07) is 0.424. The van der Waals surface area contributed by atoms with Crippen molar-refractivity contribution in [2.24, 2.45) is 11.8 Å². The van der Waals surface area contributed by atoms with E-state index in [1.807, 2.05) is 11.8 Å². The number of nitrogens with zero attached hydrogens (tertiary/aromatic N) is 1. The van der Waals surface area contributed by atoms with E-state index < -0.39 is 0 Å². The molecule has 2 unspecified atom stereocenters. The van der Waals surface area contributed by atoms with Gasteiger partial charge in [-0.05, 0) is 31.2 Å². The van der Waals surface area contributed by atoms with Gasteiger partial charge in [-0.2, -0.15) is 11.8 Å². The molecule has 0 radical (unpaired) electrons. The van der Waals surface area contributed by atoms with Gasteiger partial charge in [-0.3, -0.25) is 4.79 Å². The first-order chi connectivity index (χ1) is 8.74. The zero-order chi connectivity index (χ0) is 13.0. The first-order valence-corrected chi connectivity index (χ1v) is 7.97. The normalized spacial score (nSPS) is 25.8. The molecule has 2 saturated heterocycles. The highest BCUT2D eigenvalue weighted by molar-refractivity contribution is 7.99. The lowest BCUT2D eigenvalue weighted by Crippen LogP contribution is -2.52. The van der Waals surface area contributed by atoms with Crippen LogP contribution in [0.15, 0.2) is 0 Å². The van der Waals surface area contributed by atoms with Gasteiger partial charge in [-0.15, -0.1) is 0 Å². The molecular weight excluding hydrogens is 248 g/mol. The maximum absolute atomic E-state index is 12.6. The van der Waals surface area contributed by atoms with Crippen LogP contribution in [0.3, 0.4) is 0 Å². The number of carbonyl (C=O) groups is 1. The van der Waals surface area contributed by atoms with Gasteiger partial charge in [0, 0.05) is 31.4 Å². The molecule has 0 aliphatic carbocycles. The third-order valence-corrected chi connectivity index (χ3v) is 5.22. The number of methoxy groups -OCH3 is 1. The van der Waals surface area contributed by atoms with Crippen molar-refractivity contribution in [2.45, 2.75) is 19.4 Å². The van der Waals surface area contributed by atoms with Gasteiger partial charge in [0.2, 0.25) is 5.91 Å². The molecule has 5 heteroatoms. The largest absolute Gasteiger partial charge is 0.383 e. The fourth-order valence-corrected chi connectivity index (χ4v) is 3.78. The molecule has 0 saturated carbocycles. The topological polar surface area (TPSA) is 41.6 Å². The molecule has 1 amide bonds. The van der Waals surface area contributed by atoms with Crippen molar-refractivity contribution >= 4 is 17.7 Å². The van der Waals surface area contributed by atoms with E-state index in [2.05, 4.69) is 17.1 Å². The Kier molecular flexibility index (Phi) is 5.33. The molecule has 18 heavy (non-hydrogen) atoms. The van der Waals surface area contributed by atoms with Gasteiger partial charge >= 0.3 is 0 Å². The lowest BCUT2D eigenvalue weighted by molar-refractivity contribution is -0.140. The van der Waals surface area contributed by atoms with E-state index in [9.17, 15) is 4.79 Å². The van der Waals surface area contributed by atoms with E-state index >= 15 is 0 Å². The molecule has 0 aromatic heterocycles. The lowest BCUT2D eigenvalue weighted by Gasteiger charge is -2.37. The van der Waals surface area contributed by atoms with Gasteiger partial charge in [-0.1, -0.05) is 6.92 Å². The Morgan fingerprint density at radius 1 is 1.56 bits per heavy atom. The fourth-order valence-electron chi connectivity index (χ4n) is 2.56. The number of nitrogens with one attached hydrogen (secondary N) is 1. The molecular formula is C13H24N2O2S. The first kappa shape index (κ1) is 14.2. The predicted octanol–water partition coefficient (Wildman–Crippen LogP) is 0.822. The van der Waals surface area contributed by atoms with Gasteiger partial charge < -0.3 is 15.0 Å². The van der Waals surface area contributed by atoms with Gasteiger partial charge in [0.1, 0.15) is 0 Å². The Balaban J connectivity index is 1.94. The molecule has 2 aliphatic rings. The van der Waals surface area contributed by atoms with Crippen LogP contribution in [0.1, 0.15) is 13.3 Å². The molecule has 0 spiro atoms. The van der Waals surface area contributed by atoms with Crippen LogP contribution in [0.25, 0.3) is 0 Å². The molecule has 2 atom stereocenters. The van der Waals surface area contributed by atoms with Crippen LogP contribution in [0.4, 0.5) is 0 Å². The minimum Gasteiger partial charge on any atom is -0.383 e. The summed E-state index contributed by atoms with van der Waals surface area (Å²) < 4.78 is 5.15. The summed E-state index contributed by atoms with van der Waals surface area (Å²) in [4.78, 5) is 14.7. The van der Waals surface area contributed by atoms with E-state index in [4.69, 9.17) is 4.74 Å². The molecule has 0 bridgehead atoms. The van der Waals surface area contributed by atoms with Crippen molar-refractivity contribution in [3.05, 3.63) is 0 Å². The zero-order valence-corrected chi connectivity index (χ0v) is 12.2. The number of hydrogen-bond donors (Lipinski definition) is 1. The van der Waals surface area contributed by atoms with Gasteiger partial charge in [0.05, 0.1) is 6.61 Å². The average Bonchev–Trinajstić information content (AvgIpc) is 2.80. The monoisotopic (exact) mass is 272 g/mol. The van der Waals surface area contributed by atoms with E-state index in [-0.39, 0.29) is 5.92 Å². The summed E-state index contributed by atoms with van der Waals surface area (Å²) in [5.41, 5.74) is 0. The molecule has 1 N–H and O–H groups in total. The highest BCUT2D eigenvalue weighted by Crippen LogP contribution is 2.26. The second kappa shape index (κ2) is 6.78. The molecule has 2 aliphatic heterocycles. The van der Waals surface area contributed by atoms with E-state index in [0.717, 1.165) is 31.8 Å². The van der Waals surface area contributed by atoms with Crippen LogP contribution in [0.5, 0.6) is 0 Å². The SMILES string of the molecule is COCCN(C(=O)C(C)C1CNC1)C1CCSC1. The van der Waals surface area contributed by atoms with Crippen LogP contribution in [0.2, 0.25) is 0 Å². The Bertz CT molecular complexity index is 278. The molecule has 2 rings (SSSR count). The second-order valence-corrected chi connectivity index (χ2v) is 6.40. The first-order valence-electron chi connectivity index (χ1n) is 6.82. The third kappa shape index (κ3) is 3.19. The van der Waals surface area contributed by atoms with Crippen molar-refractivity contribution in [1.29, 1.82) is 0 Å². The number of carbonyl (C=O) groups excluding carboxylic acids is 1. The van der Waals surface area contributed by atoms with Crippen LogP contribution in [0, 0.1) is 11.8 Å². The van der Waals surface area contributed by atoms with E-state index in [0.29, 0.717) is 24.5 Å². The van der Waals surface area contributed by atoms with Crippen LogP contribution in [-0.4, -0.2) is 61.7 Å². The predicted molar refractivity (Wildman–Crippen MR) is 74.8 cm³/mol. The van der Waals surface area contributed by atoms with Crippen molar-refractivity contribution in [2.75, 3.05) is 44.9 Å². The van der Waals surface area contributed by atoms with Crippen LogP contribution < -0.4 is 5.32 Å². The molecule has 0 aromatic carbocycles. The van der Waals surface area contributed by atoms with E-state index in [1.54, 1.807) is 7.11 Å². The smallest absolute Gasteiger partial charge is 0.226 e. The Morgan fingerprint density at radius 3 is 2.83 bits per heavy atom.